The molecular weight excluding hydrogens is 276 g/mol. The van der Waals surface area contributed by atoms with E-state index in [4.69, 9.17) is 4.74 Å². The van der Waals surface area contributed by atoms with Crippen molar-refractivity contribution in [2.45, 2.75) is 44.2 Å². The van der Waals surface area contributed by atoms with E-state index >= 15 is 0 Å². The molecule has 0 unspecified atom stereocenters. The molecule has 3 aliphatic heterocycles. The second-order valence-electron chi connectivity index (χ2n) is 6.75. The summed E-state index contributed by atoms with van der Waals surface area (Å²) in [6.07, 6.45) is 5.30. The summed E-state index contributed by atoms with van der Waals surface area (Å²) in [4.78, 5) is 17.5. The van der Waals surface area contributed by atoms with E-state index in [0.717, 1.165) is 43.7 Å². The molecule has 0 radical (unpaired) electrons. The van der Waals surface area contributed by atoms with Crippen molar-refractivity contribution in [2.75, 3.05) is 26.2 Å². The van der Waals surface area contributed by atoms with Crippen LogP contribution in [0.3, 0.4) is 0 Å². The largest absolute Gasteiger partial charge is 0.480 e. The maximum atomic E-state index is 12.9. The molecule has 4 heteroatoms. The first-order chi connectivity index (χ1) is 10.8. The summed E-state index contributed by atoms with van der Waals surface area (Å²) >= 11 is 0. The number of nitrogens with zero attached hydrogens (tertiary/aromatic N) is 2. The summed E-state index contributed by atoms with van der Waals surface area (Å²) in [7, 11) is 0. The van der Waals surface area contributed by atoms with Crippen LogP contribution in [-0.4, -0.2) is 54.0 Å². The summed E-state index contributed by atoms with van der Waals surface area (Å²) in [5.74, 6) is 1.08. The number of para-hydroxylation sites is 1. The maximum Gasteiger partial charge on any atom is 0.264 e. The quantitative estimate of drug-likeness (QED) is 0.857. The summed E-state index contributed by atoms with van der Waals surface area (Å²) in [6, 6.07) is 8.40. The Morgan fingerprint density at radius 2 is 1.95 bits per heavy atom. The van der Waals surface area contributed by atoms with Crippen LogP contribution >= 0.6 is 0 Å². The minimum Gasteiger partial charge on any atom is -0.480 e. The molecule has 0 N–H and O–H groups in total. The first kappa shape index (κ1) is 14.1. The highest BCUT2D eigenvalue weighted by molar-refractivity contribution is 5.83. The Morgan fingerprint density at radius 3 is 2.77 bits per heavy atom. The van der Waals surface area contributed by atoms with Crippen molar-refractivity contribution in [3.8, 4) is 5.75 Å². The predicted octanol–water partition coefficient (Wildman–Crippen LogP) is 2.08. The Labute approximate surface area is 132 Å². The lowest BCUT2D eigenvalue weighted by Gasteiger charge is -2.30. The van der Waals surface area contributed by atoms with Gasteiger partial charge < -0.3 is 14.5 Å². The minimum atomic E-state index is -0.309. The fourth-order valence-corrected chi connectivity index (χ4v) is 4.08. The van der Waals surface area contributed by atoms with E-state index in [1.54, 1.807) is 0 Å². The average molecular weight is 300 g/mol. The lowest BCUT2D eigenvalue weighted by atomic mass is 10.1. The zero-order chi connectivity index (χ0) is 14.9. The van der Waals surface area contributed by atoms with E-state index in [0.29, 0.717) is 6.04 Å². The van der Waals surface area contributed by atoms with Gasteiger partial charge in [0, 0.05) is 25.6 Å². The van der Waals surface area contributed by atoms with E-state index in [1.807, 2.05) is 18.2 Å². The predicted molar refractivity (Wildman–Crippen MR) is 85.0 cm³/mol. The molecule has 4 rings (SSSR count). The van der Waals surface area contributed by atoms with Crippen molar-refractivity contribution >= 4 is 5.91 Å². The lowest BCUT2D eigenvalue weighted by molar-refractivity contribution is -0.139. The van der Waals surface area contributed by atoms with Crippen LogP contribution in [-0.2, 0) is 11.2 Å². The second-order valence-corrected chi connectivity index (χ2v) is 6.75. The van der Waals surface area contributed by atoms with Crippen molar-refractivity contribution in [3.05, 3.63) is 29.8 Å². The number of carbonyl (C=O) groups is 1. The molecule has 0 saturated carbocycles. The number of hydrogen-bond acceptors (Lipinski definition) is 3. The Hall–Kier alpha value is -1.55. The van der Waals surface area contributed by atoms with Crippen molar-refractivity contribution in [3.63, 3.8) is 0 Å². The van der Waals surface area contributed by atoms with Gasteiger partial charge in [0.1, 0.15) is 5.75 Å². The minimum absolute atomic E-state index is 0.192. The highest BCUT2D eigenvalue weighted by atomic mass is 16.5. The van der Waals surface area contributed by atoms with Crippen molar-refractivity contribution in [1.82, 2.24) is 9.80 Å². The normalized spacial score (nSPS) is 27.9. The van der Waals surface area contributed by atoms with Crippen LogP contribution in [0.5, 0.6) is 5.75 Å². The molecule has 0 spiro atoms. The van der Waals surface area contributed by atoms with Gasteiger partial charge in [0.15, 0.2) is 6.10 Å². The van der Waals surface area contributed by atoms with Gasteiger partial charge in [-0.05, 0) is 50.4 Å². The van der Waals surface area contributed by atoms with Gasteiger partial charge in [0.25, 0.3) is 5.91 Å². The summed E-state index contributed by atoms with van der Waals surface area (Å²) < 4.78 is 5.89. The number of hydrogen-bond donors (Lipinski definition) is 0. The average Bonchev–Trinajstić information content (AvgIpc) is 3.27. The molecule has 2 atom stereocenters. The number of rotatable bonds is 3. The molecule has 4 nitrogen and oxygen atoms in total. The van der Waals surface area contributed by atoms with Gasteiger partial charge in [0.05, 0.1) is 0 Å². The second kappa shape index (κ2) is 5.92. The van der Waals surface area contributed by atoms with Crippen molar-refractivity contribution < 1.29 is 9.53 Å². The number of ether oxygens (including phenoxy) is 1. The smallest absolute Gasteiger partial charge is 0.264 e. The number of carbonyl (C=O) groups excluding carboxylic acids is 1. The highest BCUT2D eigenvalue weighted by Gasteiger charge is 2.37. The SMILES string of the molecule is O=C([C@H]1Cc2ccccc2O1)N1CCC[C@@H]1CN1CCCC1. The summed E-state index contributed by atoms with van der Waals surface area (Å²) in [5.41, 5.74) is 1.16. The molecule has 3 aliphatic rings. The lowest BCUT2D eigenvalue weighted by Crippen LogP contribution is -2.47. The topological polar surface area (TPSA) is 32.8 Å². The number of fused-ring (bicyclic) bond motifs is 1. The maximum absolute atomic E-state index is 12.9. The van der Waals surface area contributed by atoms with Gasteiger partial charge in [-0.1, -0.05) is 18.2 Å². The third-order valence-electron chi connectivity index (χ3n) is 5.25. The van der Waals surface area contributed by atoms with Crippen LogP contribution in [0, 0.1) is 0 Å². The standard InChI is InChI=1S/C18H24N2O2/c21-18(17-12-14-6-1-2-8-16(14)22-17)20-11-5-7-15(20)13-19-9-3-4-10-19/h1-2,6,8,15,17H,3-5,7,9-13H2/t15-,17-/m1/s1. The molecule has 1 aromatic carbocycles. The zero-order valence-electron chi connectivity index (χ0n) is 13.0. The van der Waals surface area contributed by atoms with Crippen molar-refractivity contribution in [2.24, 2.45) is 0 Å². The van der Waals surface area contributed by atoms with Gasteiger partial charge in [-0.15, -0.1) is 0 Å². The third-order valence-corrected chi connectivity index (χ3v) is 5.25. The molecule has 1 aromatic rings. The van der Waals surface area contributed by atoms with E-state index in [-0.39, 0.29) is 12.0 Å². The first-order valence-electron chi connectivity index (χ1n) is 8.58. The van der Waals surface area contributed by atoms with Crippen LogP contribution in [0.4, 0.5) is 0 Å². The Balaban J connectivity index is 1.41. The number of amides is 1. The number of benzene rings is 1. The van der Waals surface area contributed by atoms with E-state index in [1.165, 1.54) is 25.9 Å². The summed E-state index contributed by atoms with van der Waals surface area (Å²) in [6.45, 7) is 4.34. The van der Waals surface area contributed by atoms with Gasteiger partial charge in [0.2, 0.25) is 0 Å². The fraction of sp³-hybridized carbons (Fsp3) is 0.611. The molecule has 2 saturated heterocycles. The first-order valence-corrected chi connectivity index (χ1v) is 8.58. The Bertz CT molecular complexity index is 529. The van der Waals surface area contributed by atoms with Crippen LogP contribution < -0.4 is 4.74 Å². The molecule has 22 heavy (non-hydrogen) atoms. The molecule has 0 aromatic heterocycles. The molecule has 1 amide bonds. The third kappa shape index (κ3) is 2.60. The van der Waals surface area contributed by atoms with Gasteiger partial charge in [-0.3, -0.25) is 4.79 Å². The summed E-state index contributed by atoms with van der Waals surface area (Å²) in [5, 5.41) is 0. The van der Waals surface area contributed by atoms with E-state index < -0.39 is 0 Å². The molecule has 118 valence electrons. The molecular formula is C18H24N2O2. The molecule has 2 fully saturated rings. The van der Waals surface area contributed by atoms with Crippen LogP contribution in [0.1, 0.15) is 31.2 Å². The van der Waals surface area contributed by atoms with Gasteiger partial charge in [-0.2, -0.15) is 0 Å². The van der Waals surface area contributed by atoms with E-state index in [9.17, 15) is 4.79 Å². The van der Waals surface area contributed by atoms with Gasteiger partial charge in [-0.25, -0.2) is 0 Å². The zero-order valence-corrected chi connectivity index (χ0v) is 13.0. The fourth-order valence-electron chi connectivity index (χ4n) is 4.08. The molecule has 3 heterocycles. The Kier molecular flexibility index (Phi) is 3.78. The van der Waals surface area contributed by atoms with Crippen LogP contribution in [0.25, 0.3) is 0 Å². The van der Waals surface area contributed by atoms with Crippen LogP contribution in [0.2, 0.25) is 0 Å². The van der Waals surface area contributed by atoms with Crippen LogP contribution in [0.15, 0.2) is 24.3 Å². The number of likely N-dealkylation sites (tertiary alicyclic amines) is 2. The highest BCUT2D eigenvalue weighted by Crippen LogP contribution is 2.30. The Morgan fingerprint density at radius 1 is 1.14 bits per heavy atom. The van der Waals surface area contributed by atoms with Crippen molar-refractivity contribution in [1.29, 1.82) is 0 Å². The molecule has 0 aliphatic carbocycles. The van der Waals surface area contributed by atoms with Gasteiger partial charge >= 0.3 is 0 Å². The monoisotopic (exact) mass is 300 g/mol. The van der Waals surface area contributed by atoms with E-state index in [2.05, 4.69) is 15.9 Å². The molecule has 0 bridgehead atoms.